The number of carbonyl (C=O) groups excluding carboxylic acids is 1. The maximum atomic E-state index is 12.2. The van der Waals surface area contributed by atoms with E-state index in [4.69, 9.17) is 9.98 Å². The third kappa shape index (κ3) is 9.23. The number of aliphatic imine (C=N–C) groups is 2. The Morgan fingerprint density at radius 1 is 1.03 bits per heavy atom. The zero-order chi connectivity index (χ0) is 27.5. The molecule has 1 heterocycles. The van der Waals surface area contributed by atoms with Gasteiger partial charge in [0, 0.05) is 54.9 Å². The fourth-order valence-corrected chi connectivity index (χ4v) is 4.14. The second-order valence-corrected chi connectivity index (χ2v) is 10.4. The van der Waals surface area contributed by atoms with E-state index in [1.54, 1.807) is 13.0 Å². The van der Waals surface area contributed by atoms with Gasteiger partial charge in [0.2, 0.25) is 0 Å². The first-order valence-corrected chi connectivity index (χ1v) is 13.8. The Kier molecular flexibility index (Phi) is 12.2. The molecule has 37 heavy (non-hydrogen) atoms. The average molecular weight is 505 g/mol. The zero-order valence-corrected chi connectivity index (χ0v) is 24.6. The Morgan fingerprint density at radius 3 is 2.24 bits per heavy atom. The minimum absolute atomic E-state index is 0.0146. The van der Waals surface area contributed by atoms with Crippen LogP contribution in [0.25, 0.3) is 5.70 Å². The van der Waals surface area contributed by atoms with Crippen LogP contribution in [-0.2, 0) is 4.79 Å². The Hall–Kier alpha value is -2.79. The summed E-state index contributed by atoms with van der Waals surface area (Å²) in [5.41, 5.74) is 6.96. The molecule has 1 aliphatic rings. The number of piperazine rings is 1. The van der Waals surface area contributed by atoms with Crippen molar-refractivity contribution in [3.05, 3.63) is 59.3 Å². The SMILES string of the molecule is C\C=C(/C=C\C(=N\C(=C/C(C)=O)c1ccc(C)c(/N=C(/C)C(C)CC)c1)C(C)CC)N1CCN(C)CC1. The molecule has 2 unspecified atom stereocenters. The van der Waals surface area contributed by atoms with Crippen LogP contribution in [0.2, 0.25) is 0 Å². The lowest BCUT2D eigenvalue weighted by molar-refractivity contribution is -0.112. The molecule has 5 heteroatoms. The number of rotatable bonds is 11. The molecule has 0 radical (unpaired) electrons. The number of hydrogen-bond acceptors (Lipinski definition) is 5. The average Bonchev–Trinajstić information content (AvgIpc) is 2.88. The van der Waals surface area contributed by atoms with E-state index >= 15 is 0 Å². The number of allylic oxidation sites excluding steroid dienone is 4. The highest BCUT2D eigenvalue weighted by Gasteiger charge is 2.15. The second-order valence-electron chi connectivity index (χ2n) is 10.4. The van der Waals surface area contributed by atoms with Gasteiger partial charge in [0.25, 0.3) is 0 Å². The van der Waals surface area contributed by atoms with E-state index in [0.717, 1.165) is 67.3 Å². The van der Waals surface area contributed by atoms with Crippen molar-refractivity contribution >= 4 is 28.6 Å². The highest BCUT2D eigenvalue weighted by Crippen LogP contribution is 2.27. The molecule has 0 aromatic heterocycles. The van der Waals surface area contributed by atoms with E-state index in [2.05, 4.69) is 95.7 Å². The standard InChI is InChI=1S/C32H48N4O/c1-10-23(4)27(8)33-31-22-28(14-13-25(31)6)32(21-26(7)37)34-30(24(5)11-2)16-15-29(12-3)36-19-17-35(9)18-20-36/h12-16,21-24H,10-11,17-20H2,1-9H3/b16-15-,29-12+,32-21-,33-27-,34-30-. The van der Waals surface area contributed by atoms with Crippen LogP contribution >= 0.6 is 0 Å². The molecule has 0 amide bonds. The Morgan fingerprint density at radius 2 is 1.68 bits per heavy atom. The van der Waals surface area contributed by atoms with Gasteiger partial charge in [-0.2, -0.15) is 0 Å². The molecule has 1 aromatic carbocycles. The van der Waals surface area contributed by atoms with Gasteiger partial charge in [-0.25, -0.2) is 0 Å². The normalized spacial score (nSPS) is 18.5. The monoisotopic (exact) mass is 504 g/mol. The fraction of sp³-hybridized carbons (Fsp3) is 0.531. The van der Waals surface area contributed by atoms with Crippen molar-refractivity contribution in [2.75, 3.05) is 33.2 Å². The topological polar surface area (TPSA) is 48.3 Å². The van der Waals surface area contributed by atoms with Crippen LogP contribution in [0.3, 0.4) is 0 Å². The molecule has 2 atom stereocenters. The molecule has 0 N–H and O–H groups in total. The Labute approximate surface area is 225 Å². The van der Waals surface area contributed by atoms with Gasteiger partial charge in [0.05, 0.1) is 11.4 Å². The summed E-state index contributed by atoms with van der Waals surface area (Å²) in [7, 11) is 2.17. The minimum Gasteiger partial charge on any atom is -0.369 e. The van der Waals surface area contributed by atoms with Crippen molar-refractivity contribution in [1.29, 1.82) is 0 Å². The minimum atomic E-state index is -0.0146. The maximum absolute atomic E-state index is 12.2. The molecule has 1 fully saturated rings. The molecule has 202 valence electrons. The number of hydrogen-bond donors (Lipinski definition) is 0. The van der Waals surface area contributed by atoms with Gasteiger partial charge in [0.1, 0.15) is 0 Å². The van der Waals surface area contributed by atoms with E-state index in [-0.39, 0.29) is 11.7 Å². The highest BCUT2D eigenvalue weighted by molar-refractivity contribution is 6.03. The van der Waals surface area contributed by atoms with Crippen LogP contribution in [0.1, 0.15) is 72.4 Å². The van der Waals surface area contributed by atoms with Gasteiger partial charge >= 0.3 is 0 Å². The lowest BCUT2D eigenvalue weighted by Crippen LogP contribution is -2.43. The summed E-state index contributed by atoms with van der Waals surface area (Å²) in [6.07, 6.45) is 10.2. The van der Waals surface area contributed by atoms with E-state index in [9.17, 15) is 4.79 Å². The summed E-state index contributed by atoms with van der Waals surface area (Å²) < 4.78 is 0. The number of likely N-dealkylation sites (N-methyl/N-ethyl adjacent to an activating group) is 1. The van der Waals surface area contributed by atoms with Gasteiger partial charge in [-0.05, 0) is 83.2 Å². The van der Waals surface area contributed by atoms with Crippen LogP contribution < -0.4 is 0 Å². The van der Waals surface area contributed by atoms with Crippen LogP contribution in [-0.4, -0.2) is 60.2 Å². The van der Waals surface area contributed by atoms with Crippen molar-refractivity contribution < 1.29 is 4.79 Å². The van der Waals surface area contributed by atoms with Crippen molar-refractivity contribution in [1.82, 2.24) is 9.80 Å². The van der Waals surface area contributed by atoms with Crippen LogP contribution in [0.15, 0.2) is 58.2 Å². The number of aryl methyl sites for hydroxylation is 1. The predicted molar refractivity (Wildman–Crippen MR) is 161 cm³/mol. The molecule has 0 spiro atoms. The molecular formula is C32H48N4O. The summed E-state index contributed by atoms with van der Waals surface area (Å²) in [6, 6.07) is 6.19. The fourth-order valence-electron chi connectivity index (χ4n) is 4.14. The van der Waals surface area contributed by atoms with Crippen LogP contribution in [0, 0.1) is 18.8 Å². The summed E-state index contributed by atoms with van der Waals surface area (Å²) in [5, 5.41) is 0. The summed E-state index contributed by atoms with van der Waals surface area (Å²) in [4.78, 5) is 27.1. The first-order valence-electron chi connectivity index (χ1n) is 13.8. The number of ketones is 1. The van der Waals surface area contributed by atoms with E-state index in [0.29, 0.717) is 11.6 Å². The van der Waals surface area contributed by atoms with Gasteiger partial charge in [-0.15, -0.1) is 0 Å². The number of nitrogens with zero attached hydrogens (tertiary/aromatic N) is 4. The predicted octanol–water partition coefficient (Wildman–Crippen LogP) is 7.26. The molecule has 1 aromatic rings. The van der Waals surface area contributed by atoms with Crippen molar-refractivity contribution in [3.8, 4) is 0 Å². The van der Waals surface area contributed by atoms with Crippen molar-refractivity contribution in [2.24, 2.45) is 21.8 Å². The van der Waals surface area contributed by atoms with E-state index in [1.165, 1.54) is 5.70 Å². The molecule has 0 aliphatic carbocycles. The Bertz CT molecular complexity index is 1070. The Balaban J connectivity index is 2.50. The third-order valence-electron chi connectivity index (χ3n) is 7.42. The lowest BCUT2D eigenvalue weighted by atomic mass is 10.0. The van der Waals surface area contributed by atoms with Crippen molar-refractivity contribution in [3.63, 3.8) is 0 Å². The maximum Gasteiger partial charge on any atom is 0.154 e. The first kappa shape index (κ1) is 30.4. The van der Waals surface area contributed by atoms with Crippen molar-refractivity contribution in [2.45, 2.75) is 68.2 Å². The van der Waals surface area contributed by atoms with Crippen LogP contribution in [0.5, 0.6) is 0 Å². The van der Waals surface area contributed by atoms with Gasteiger partial charge < -0.3 is 9.80 Å². The quantitative estimate of drug-likeness (QED) is 0.181. The zero-order valence-electron chi connectivity index (χ0n) is 24.6. The van der Waals surface area contributed by atoms with Gasteiger partial charge in [0.15, 0.2) is 5.78 Å². The van der Waals surface area contributed by atoms with Crippen LogP contribution in [0.4, 0.5) is 5.69 Å². The second kappa shape index (κ2) is 14.8. The van der Waals surface area contributed by atoms with E-state index in [1.807, 2.05) is 6.07 Å². The molecule has 1 aliphatic heterocycles. The molecule has 0 bridgehead atoms. The summed E-state index contributed by atoms with van der Waals surface area (Å²) >= 11 is 0. The number of carbonyl (C=O) groups is 1. The van der Waals surface area contributed by atoms with E-state index < -0.39 is 0 Å². The largest absolute Gasteiger partial charge is 0.369 e. The number of benzene rings is 1. The lowest BCUT2D eigenvalue weighted by Gasteiger charge is -2.34. The molecule has 5 nitrogen and oxygen atoms in total. The smallest absolute Gasteiger partial charge is 0.154 e. The highest BCUT2D eigenvalue weighted by atomic mass is 16.1. The first-order chi connectivity index (χ1) is 17.6. The van der Waals surface area contributed by atoms with Gasteiger partial charge in [-0.3, -0.25) is 14.8 Å². The molecule has 0 saturated carbocycles. The molecule has 1 saturated heterocycles. The molecular weight excluding hydrogens is 456 g/mol. The summed E-state index contributed by atoms with van der Waals surface area (Å²) in [5.74, 6) is 0.670. The van der Waals surface area contributed by atoms with Gasteiger partial charge in [-0.1, -0.05) is 45.9 Å². The third-order valence-corrected chi connectivity index (χ3v) is 7.42. The molecule has 2 rings (SSSR count). The summed E-state index contributed by atoms with van der Waals surface area (Å²) in [6.45, 7) is 20.8.